The molecule has 0 radical (unpaired) electrons. The Labute approximate surface area is 98.9 Å². The van der Waals surface area contributed by atoms with Gasteiger partial charge in [-0.15, -0.1) is 0 Å². The summed E-state index contributed by atoms with van der Waals surface area (Å²) >= 11 is 0. The molecule has 1 aromatic heterocycles. The lowest BCUT2D eigenvalue weighted by Gasteiger charge is -1.98. The second-order valence-corrected chi connectivity index (χ2v) is 4.03. The number of oxazole rings is 1. The van der Waals surface area contributed by atoms with E-state index < -0.39 is 0 Å². The number of hydrogen-bond acceptors (Lipinski definition) is 3. The van der Waals surface area contributed by atoms with E-state index in [1.54, 1.807) is 0 Å². The average molecular weight is 224 g/mol. The molecule has 3 heteroatoms. The summed E-state index contributed by atoms with van der Waals surface area (Å²) in [4.78, 5) is 4.45. The number of fused-ring (bicyclic) bond motifs is 1. The molecule has 0 aliphatic rings. The summed E-state index contributed by atoms with van der Waals surface area (Å²) in [6, 6.07) is 13.6. The van der Waals surface area contributed by atoms with Crippen LogP contribution in [0.25, 0.3) is 22.6 Å². The van der Waals surface area contributed by atoms with Gasteiger partial charge < -0.3 is 10.2 Å². The molecule has 84 valence electrons. The Morgan fingerprint density at radius 2 is 1.88 bits per heavy atom. The topological polar surface area (TPSA) is 52.0 Å². The van der Waals surface area contributed by atoms with Crippen LogP contribution in [-0.2, 0) is 0 Å². The highest BCUT2D eigenvalue weighted by Gasteiger charge is 2.11. The molecule has 0 unspecified atom stereocenters. The van der Waals surface area contributed by atoms with Crippen molar-refractivity contribution in [2.24, 2.45) is 0 Å². The van der Waals surface area contributed by atoms with Gasteiger partial charge >= 0.3 is 0 Å². The second kappa shape index (κ2) is 3.63. The summed E-state index contributed by atoms with van der Waals surface area (Å²) in [6.07, 6.45) is 0. The molecular weight excluding hydrogens is 212 g/mol. The molecule has 0 atom stereocenters. The molecule has 0 saturated heterocycles. The van der Waals surface area contributed by atoms with Gasteiger partial charge in [0.05, 0.1) is 5.69 Å². The van der Waals surface area contributed by atoms with Crippen LogP contribution >= 0.6 is 0 Å². The first-order valence-corrected chi connectivity index (χ1v) is 5.47. The number of aromatic nitrogens is 1. The lowest BCUT2D eigenvalue weighted by atomic mass is 10.1. The van der Waals surface area contributed by atoms with E-state index in [0.717, 1.165) is 22.2 Å². The molecule has 0 bridgehead atoms. The van der Waals surface area contributed by atoms with Gasteiger partial charge in [-0.1, -0.05) is 24.3 Å². The van der Waals surface area contributed by atoms with E-state index in [1.165, 1.54) is 0 Å². The van der Waals surface area contributed by atoms with E-state index in [0.29, 0.717) is 11.6 Å². The highest BCUT2D eigenvalue weighted by Crippen LogP contribution is 2.28. The maximum absolute atomic E-state index is 5.86. The fourth-order valence-corrected chi connectivity index (χ4v) is 1.90. The SMILES string of the molecule is Cc1ccccc1-c1nc2c(N)cccc2o1. The number of nitrogens with two attached hydrogens (primary N) is 1. The van der Waals surface area contributed by atoms with E-state index >= 15 is 0 Å². The van der Waals surface area contributed by atoms with Crippen molar-refractivity contribution in [2.75, 3.05) is 5.73 Å². The number of para-hydroxylation sites is 1. The molecule has 0 amide bonds. The minimum Gasteiger partial charge on any atom is -0.436 e. The van der Waals surface area contributed by atoms with Crippen molar-refractivity contribution < 1.29 is 4.42 Å². The monoisotopic (exact) mass is 224 g/mol. The van der Waals surface area contributed by atoms with Gasteiger partial charge in [0, 0.05) is 5.56 Å². The zero-order valence-electron chi connectivity index (χ0n) is 9.47. The zero-order chi connectivity index (χ0) is 11.8. The van der Waals surface area contributed by atoms with Crippen LogP contribution in [-0.4, -0.2) is 4.98 Å². The Kier molecular flexibility index (Phi) is 2.11. The van der Waals surface area contributed by atoms with Crippen molar-refractivity contribution in [3.63, 3.8) is 0 Å². The van der Waals surface area contributed by atoms with Gasteiger partial charge in [-0.3, -0.25) is 0 Å². The molecule has 3 rings (SSSR count). The first kappa shape index (κ1) is 9.90. The van der Waals surface area contributed by atoms with Crippen molar-refractivity contribution in [1.29, 1.82) is 0 Å². The van der Waals surface area contributed by atoms with Gasteiger partial charge in [-0.05, 0) is 30.7 Å². The number of hydrogen-bond donors (Lipinski definition) is 1. The van der Waals surface area contributed by atoms with Crippen LogP contribution in [0.3, 0.4) is 0 Å². The van der Waals surface area contributed by atoms with Crippen molar-refractivity contribution in [2.45, 2.75) is 6.92 Å². The van der Waals surface area contributed by atoms with E-state index in [2.05, 4.69) is 4.98 Å². The Hall–Kier alpha value is -2.29. The minimum atomic E-state index is 0.621. The van der Waals surface area contributed by atoms with Gasteiger partial charge in [0.2, 0.25) is 5.89 Å². The number of aryl methyl sites for hydroxylation is 1. The average Bonchev–Trinajstić information content (AvgIpc) is 2.75. The third-order valence-corrected chi connectivity index (χ3v) is 2.83. The van der Waals surface area contributed by atoms with Gasteiger partial charge in [0.25, 0.3) is 0 Å². The van der Waals surface area contributed by atoms with Crippen LogP contribution in [0.4, 0.5) is 5.69 Å². The molecule has 2 aromatic carbocycles. The number of benzene rings is 2. The van der Waals surface area contributed by atoms with Crippen LogP contribution in [0.2, 0.25) is 0 Å². The number of rotatable bonds is 1. The number of anilines is 1. The molecule has 3 nitrogen and oxygen atoms in total. The predicted molar refractivity (Wildman–Crippen MR) is 68.6 cm³/mol. The zero-order valence-corrected chi connectivity index (χ0v) is 9.47. The summed E-state index contributed by atoms with van der Waals surface area (Å²) in [7, 11) is 0. The van der Waals surface area contributed by atoms with Gasteiger partial charge in [0.15, 0.2) is 5.58 Å². The van der Waals surface area contributed by atoms with E-state index in [4.69, 9.17) is 10.2 Å². The Morgan fingerprint density at radius 1 is 1.06 bits per heavy atom. The Morgan fingerprint density at radius 3 is 2.65 bits per heavy atom. The molecule has 2 N–H and O–H groups in total. The standard InChI is InChI=1S/C14H12N2O/c1-9-5-2-3-6-10(9)14-16-13-11(15)7-4-8-12(13)17-14/h2-8H,15H2,1H3. The van der Waals surface area contributed by atoms with E-state index in [1.807, 2.05) is 49.4 Å². The van der Waals surface area contributed by atoms with Crippen molar-refractivity contribution >= 4 is 16.8 Å². The summed E-state index contributed by atoms with van der Waals surface area (Å²) < 4.78 is 5.72. The van der Waals surface area contributed by atoms with Gasteiger partial charge in [0.1, 0.15) is 5.52 Å². The van der Waals surface area contributed by atoms with Crippen molar-refractivity contribution in [3.05, 3.63) is 48.0 Å². The summed E-state index contributed by atoms with van der Waals surface area (Å²) in [5.41, 5.74) is 10.1. The summed E-state index contributed by atoms with van der Waals surface area (Å²) in [5.74, 6) is 0.621. The van der Waals surface area contributed by atoms with Crippen LogP contribution in [0.1, 0.15) is 5.56 Å². The molecule has 3 aromatic rings. The van der Waals surface area contributed by atoms with Crippen LogP contribution in [0, 0.1) is 6.92 Å². The quantitative estimate of drug-likeness (QED) is 0.644. The smallest absolute Gasteiger partial charge is 0.227 e. The molecule has 0 fully saturated rings. The second-order valence-electron chi connectivity index (χ2n) is 4.03. The number of nitrogens with zero attached hydrogens (tertiary/aromatic N) is 1. The van der Waals surface area contributed by atoms with Gasteiger partial charge in [-0.25, -0.2) is 4.98 Å². The molecule has 17 heavy (non-hydrogen) atoms. The largest absolute Gasteiger partial charge is 0.436 e. The summed E-state index contributed by atoms with van der Waals surface area (Å²) in [6.45, 7) is 2.04. The lowest BCUT2D eigenvalue weighted by Crippen LogP contribution is -1.85. The maximum Gasteiger partial charge on any atom is 0.227 e. The molecular formula is C14H12N2O. The predicted octanol–water partition coefficient (Wildman–Crippen LogP) is 3.39. The van der Waals surface area contributed by atoms with E-state index in [-0.39, 0.29) is 0 Å². The molecule has 0 aliphatic carbocycles. The van der Waals surface area contributed by atoms with Crippen molar-refractivity contribution in [1.82, 2.24) is 4.98 Å². The Bertz CT molecular complexity index is 686. The van der Waals surface area contributed by atoms with Crippen LogP contribution in [0.5, 0.6) is 0 Å². The molecule has 0 aliphatic heterocycles. The van der Waals surface area contributed by atoms with Crippen LogP contribution < -0.4 is 5.73 Å². The first-order valence-electron chi connectivity index (χ1n) is 5.47. The van der Waals surface area contributed by atoms with Crippen molar-refractivity contribution in [3.8, 4) is 11.5 Å². The molecule has 1 heterocycles. The lowest BCUT2D eigenvalue weighted by molar-refractivity contribution is 0.619. The van der Waals surface area contributed by atoms with Crippen LogP contribution in [0.15, 0.2) is 46.9 Å². The maximum atomic E-state index is 5.86. The third kappa shape index (κ3) is 1.56. The first-order chi connectivity index (χ1) is 8.25. The molecule has 0 spiro atoms. The summed E-state index contributed by atoms with van der Waals surface area (Å²) in [5, 5.41) is 0. The minimum absolute atomic E-state index is 0.621. The van der Waals surface area contributed by atoms with Gasteiger partial charge in [-0.2, -0.15) is 0 Å². The number of nitrogen functional groups attached to an aromatic ring is 1. The molecule has 0 saturated carbocycles. The third-order valence-electron chi connectivity index (χ3n) is 2.83. The highest BCUT2D eigenvalue weighted by molar-refractivity contribution is 5.87. The Balaban J connectivity index is 2.26. The van der Waals surface area contributed by atoms with E-state index in [9.17, 15) is 0 Å². The fraction of sp³-hybridized carbons (Fsp3) is 0.0714. The fourth-order valence-electron chi connectivity index (χ4n) is 1.90. The normalized spacial score (nSPS) is 10.9. The highest BCUT2D eigenvalue weighted by atomic mass is 16.3.